The minimum absolute atomic E-state index is 0.199. The Morgan fingerprint density at radius 1 is 1.23 bits per heavy atom. The van der Waals surface area contributed by atoms with Crippen LogP contribution in [0.15, 0.2) is 18.5 Å². The van der Waals surface area contributed by atoms with Gasteiger partial charge in [-0.3, -0.25) is 4.79 Å². The zero-order valence-electron chi connectivity index (χ0n) is 16.3. The van der Waals surface area contributed by atoms with Crippen LogP contribution in [-0.2, 0) is 14.3 Å². The SMILES string of the molecule is O=C(CC1CC1)N1CC[C@@H]2[C@@H](CO[C@H]2CNc2ncccn2)C1.O=C(O)C(F)(F)F. The molecular formula is C19H25F3N4O4. The molecule has 3 aliphatic rings. The van der Waals surface area contributed by atoms with Gasteiger partial charge in [-0.2, -0.15) is 13.2 Å². The second-order valence-corrected chi connectivity index (χ2v) is 7.83. The number of halogens is 3. The average molecular weight is 430 g/mol. The van der Waals surface area contributed by atoms with Crippen molar-refractivity contribution >= 4 is 17.8 Å². The van der Waals surface area contributed by atoms with Gasteiger partial charge >= 0.3 is 12.1 Å². The first-order valence-corrected chi connectivity index (χ1v) is 9.94. The number of hydrogen-bond donors (Lipinski definition) is 2. The molecule has 166 valence electrons. The summed E-state index contributed by atoms with van der Waals surface area (Å²) in [6, 6.07) is 1.81. The second-order valence-electron chi connectivity index (χ2n) is 7.83. The summed E-state index contributed by atoms with van der Waals surface area (Å²) in [5, 5.41) is 10.4. The summed E-state index contributed by atoms with van der Waals surface area (Å²) in [5.74, 6) is -0.0660. The van der Waals surface area contributed by atoms with E-state index in [9.17, 15) is 18.0 Å². The topological polar surface area (TPSA) is 105 Å². The third-order valence-corrected chi connectivity index (χ3v) is 5.58. The molecule has 2 aliphatic heterocycles. The van der Waals surface area contributed by atoms with Gasteiger partial charge in [-0.25, -0.2) is 14.8 Å². The van der Waals surface area contributed by atoms with E-state index < -0.39 is 12.1 Å². The van der Waals surface area contributed by atoms with Gasteiger partial charge in [0, 0.05) is 44.4 Å². The molecule has 3 atom stereocenters. The van der Waals surface area contributed by atoms with Crippen LogP contribution < -0.4 is 5.32 Å². The number of fused-ring (bicyclic) bond motifs is 1. The third kappa shape index (κ3) is 6.28. The molecule has 1 aliphatic carbocycles. The van der Waals surface area contributed by atoms with Gasteiger partial charge in [-0.1, -0.05) is 0 Å². The fourth-order valence-corrected chi connectivity index (χ4v) is 3.80. The lowest BCUT2D eigenvalue weighted by Gasteiger charge is -2.35. The molecule has 2 saturated heterocycles. The zero-order chi connectivity index (χ0) is 21.7. The Hall–Kier alpha value is -2.43. The summed E-state index contributed by atoms with van der Waals surface area (Å²) in [6.07, 6.45) is 2.87. The predicted octanol–water partition coefficient (Wildman–Crippen LogP) is 2.19. The van der Waals surface area contributed by atoms with Crippen molar-refractivity contribution in [3.8, 4) is 0 Å². The Morgan fingerprint density at radius 3 is 2.50 bits per heavy atom. The number of piperidine rings is 1. The third-order valence-electron chi connectivity index (χ3n) is 5.58. The quantitative estimate of drug-likeness (QED) is 0.738. The van der Waals surface area contributed by atoms with Gasteiger partial charge in [0.25, 0.3) is 0 Å². The number of carboxylic acids is 1. The molecule has 11 heteroatoms. The van der Waals surface area contributed by atoms with Gasteiger partial charge in [0.15, 0.2) is 0 Å². The first-order valence-electron chi connectivity index (χ1n) is 9.94. The lowest BCUT2D eigenvalue weighted by atomic mass is 9.84. The Kier molecular flexibility index (Phi) is 7.11. The number of ether oxygens (including phenoxy) is 1. The summed E-state index contributed by atoms with van der Waals surface area (Å²) < 4.78 is 37.7. The van der Waals surface area contributed by atoms with E-state index in [0.29, 0.717) is 29.6 Å². The Morgan fingerprint density at radius 2 is 1.90 bits per heavy atom. The van der Waals surface area contributed by atoms with Gasteiger partial charge in [0.2, 0.25) is 11.9 Å². The molecule has 8 nitrogen and oxygen atoms in total. The molecule has 4 rings (SSSR count). The molecule has 1 aromatic heterocycles. The van der Waals surface area contributed by atoms with E-state index in [0.717, 1.165) is 39.1 Å². The van der Waals surface area contributed by atoms with Crippen molar-refractivity contribution in [3.05, 3.63) is 18.5 Å². The Labute approximate surface area is 171 Å². The molecule has 1 aromatic rings. The summed E-state index contributed by atoms with van der Waals surface area (Å²) in [5.41, 5.74) is 0. The molecule has 0 aromatic carbocycles. The summed E-state index contributed by atoms with van der Waals surface area (Å²) in [4.78, 5) is 31.6. The van der Waals surface area contributed by atoms with E-state index in [-0.39, 0.29) is 6.10 Å². The number of amides is 1. The number of aliphatic carboxylic acids is 1. The maximum Gasteiger partial charge on any atom is 0.490 e. The number of hydrogen-bond acceptors (Lipinski definition) is 6. The lowest BCUT2D eigenvalue weighted by Crippen LogP contribution is -2.45. The molecular weight excluding hydrogens is 405 g/mol. The second kappa shape index (κ2) is 9.59. The number of nitrogens with one attached hydrogen (secondary N) is 1. The van der Waals surface area contributed by atoms with Crippen molar-refractivity contribution in [1.29, 1.82) is 0 Å². The van der Waals surface area contributed by atoms with Crippen LogP contribution in [-0.4, -0.2) is 70.4 Å². The monoisotopic (exact) mass is 430 g/mol. The van der Waals surface area contributed by atoms with Gasteiger partial charge < -0.3 is 20.1 Å². The highest BCUT2D eigenvalue weighted by Crippen LogP contribution is 2.37. The lowest BCUT2D eigenvalue weighted by molar-refractivity contribution is -0.192. The molecule has 0 bridgehead atoms. The number of likely N-dealkylation sites (tertiary alicyclic amines) is 1. The Bertz CT molecular complexity index is 730. The fraction of sp³-hybridized carbons (Fsp3) is 0.684. The van der Waals surface area contributed by atoms with Gasteiger partial charge in [0.05, 0.1) is 12.7 Å². The highest BCUT2D eigenvalue weighted by atomic mass is 19.4. The Balaban J connectivity index is 0.000000318. The predicted molar refractivity (Wildman–Crippen MR) is 99.5 cm³/mol. The van der Waals surface area contributed by atoms with E-state index in [2.05, 4.69) is 20.2 Å². The van der Waals surface area contributed by atoms with Crippen LogP contribution in [0.2, 0.25) is 0 Å². The van der Waals surface area contributed by atoms with E-state index in [1.807, 2.05) is 6.07 Å². The van der Waals surface area contributed by atoms with Gasteiger partial charge in [-0.05, 0) is 37.2 Å². The summed E-state index contributed by atoms with van der Waals surface area (Å²) in [7, 11) is 0. The average Bonchev–Trinajstić information content (AvgIpc) is 3.43. The van der Waals surface area contributed by atoms with E-state index >= 15 is 0 Å². The van der Waals surface area contributed by atoms with Crippen molar-refractivity contribution < 1.29 is 32.6 Å². The first-order chi connectivity index (χ1) is 14.2. The van der Waals surface area contributed by atoms with Crippen molar-refractivity contribution in [2.45, 2.75) is 38.0 Å². The van der Waals surface area contributed by atoms with Crippen molar-refractivity contribution in [2.24, 2.45) is 17.8 Å². The molecule has 1 amide bonds. The highest BCUT2D eigenvalue weighted by molar-refractivity contribution is 5.76. The number of carbonyl (C=O) groups is 2. The molecule has 0 spiro atoms. The van der Waals surface area contributed by atoms with E-state index in [4.69, 9.17) is 14.6 Å². The van der Waals surface area contributed by atoms with Crippen molar-refractivity contribution in [1.82, 2.24) is 14.9 Å². The number of carbonyl (C=O) groups excluding carboxylic acids is 1. The smallest absolute Gasteiger partial charge is 0.475 e. The van der Waals surface area contributed by atoms with Crippen LogP contribution in [0.5, 0.6) is 0 Å². The van der Waals surface area contributed by atoms with E-state index in [1.165, 1.54) is 12.8 Å². The number of alkyl halides is 3. The first kappa shape index (κ1) is 22.3. The normalized spacial score (nSPS) is 25.7. The number of aromatic nitrogens is 2. The van der Waals surface area contributed by atoms with Crippen molar-refractivity contribution in [3.63, 3.8) is 0 Å². The minimum atomic E-state index is -5.08. The number of carboxylic acid groups (broad SMARTS) is 1. The molecule has 0 unspecified atom stereocenters. The highest BCUT2D eigenvalue weighted by Gasteiger charge is 2.42. The van der Waals surface area contributed by atoms with Crippen LogP contribution in [0.3, 0.4) is 0 Å². The van der Waals surface area contributed by atoms with Gasteiger partial charge in [0.1, 0.15) is 0 Å². The molecule has 30 heavy (non-hydrogen) atoms. The van der Waals surface area contributed by atoms with Crippen molar-refractivity contribution in [2.75, 3.05) is 31.6 Å². The van der Waals surface area contributed by atoms with Crippen LogP contribution in [0.1, 0.15) is 25.7 Å². The fourth-order valence-electron chi connectivity index (χ4n) is 3.80. The summed E-state index contributed by atoms with van der Waals surface area (Å²) >= 11 is 0. The molecule has 0 radical (unpaired) electrons. The number of rotatable bonds is 5. The van der Waals surface area contributed by atoms with E-state index in [1.54, 1.807) is 12.4 Å². The maximum absolute atomic E-state index is 12.3. The maximum atomic E-state index is 12.3. The van der Waals surface area contributed by atoms with Crippen LogP contribution >= 0.6 is 0 Å². The zero-order valence-corrected chi connectivity index (χ0v) is 16.3. The molecule has 2 N–H and O–H groups in total. The van der Waals surface area contributed by atoms with Crippen LogP contribution in [0.4, 0.5) is 19.1 Å². The molecule has 3 heterocycles. The minimum Gasteiger partial charge on any atom is -0.475 e. The van der Waals surface area contributed by atoms with Crippen LogP contribution in [0.25, 0.3) is 0 Å². The number of anilines is 1. The molecule has 1 saturated carbocycles. The van der Waals surface area contributed by atoms with Gasteiger partial charge in [-0.15, -0.1) is 0 Å². The number of nitrogens with zero attached hydrogens (tertiary/aromatic N) is 3. The largest absolute Gasteiger partial charge is 0.490 e. The molecule has 3 fully saturated rings. The standard InChI is InChI=1S/C17H24N4O2.C2HF3O2/c22-16(8-12-2-3-12)21-7-4-14-13(10-21)11-23-15(14)9-20-17-18-5-1-6-19-17;3-2(4,5)1(6)7/h1,5-6,12-15H,2-4,7-11H2,(H,18,19,20);(H,6,7)/t13-,14-,15+;/m1./s1. The summed E-state index contributed by atoms with van der Waals surface area (Å²) in [6.45, 7) is 3.25. The van der Waals surface area contributed by atoms with Crippen LogP contribution in [0, 0.1) is 17.8 Å².